The zero-order valence-corrected chi connectivity index (χ0v) is 11.7. The number of amides is 1. The summed E-state index contributed by atoms with van der Waals surface area (Å²) in [5, 5.41) is 20.7. The van der Waals surface area contributed by atoms with Crippen molar-refractivity contribution in [3.8, 4) is 0 Å². The first kappa shape index (κ1) is 14.6. The first-order chi connectivity index (χ1) is 9.86. The minimum atomic E-state index is -0.582. The van der Waals surface area contributed by atoms with E-state index in [9.17, 15) is 14.9 Å². The normalized spacial score (nSPS) is 10.9. The summed E-state index contributed by atoms with van der Waals surface area (Å²) in [5.74, 6) is -0.663. The third kappa shape index (κ3) is 3.41. The molecule has 2 aromatic rings. The van der Waals surface area contributed by atoms with Crippen LogP contribution in [0.1, 0.15) is 36.1 Å². The van der Waals surface area contributed by atoms with E-state index in [0.29, 0.717) is 5.69 Å². The lowest BCUT2D eigenvalue weighted by Crippen LogP contribution is -2.30. The van der Waals surface area contributed by atoms with Gasteiger partial charge in [0.1, 0.15) is 6.54 Å². The van der Waals surface area contributed by atoms with E-state index in [0.717, 1.165) is 0 Å². The highest BCUT2D eigenvalue weighted by Crippen LogP contribution is 2.12. The lowest BCUT2D eigenvalue weighted by Gasteiger charge is -2.03. The molecule has 0 atom stereocenters. The molecule has 0 saturated carbocycles. The van der Waals surface area contributed by atoms with Gasteiger partial charge < -0.3 is 20.0 Å². The molecule has 0 fully saturated rings. The molecule has 0 radical (unpaired) electrons. The van der Waals surface area contributed by atoms with Crippen molar-refractivity contribution in [1.82, 2.24) is 25.2 Å². The average Bonchev–Trinajstić information content (AvgIpc) is 2.97. The molecule has 1 N–H and O–H groups in total. The lowest BCUT2D eigenvalue weighted by molar-refractivity contribution is -0.389. The van der Waals surface area contributed by atoms with E-state index in [-0.39, 0.29) is 30.1 Å². The lowest BCUT2D eigenvalue weighted by atomic mass is 10.4. The van der Waals surface area contributed by atoms with Crippen molar-refractivity contribution in [1.29, 1.82) is 0 Å². The molecule has 0 aliphatic heterocycles. The number of rotatable bonds is 5. The number of hydrogen-bond donors (Lipinski definition) is 1. The third-order valence-electron chi connectivity index (χ3n) is 2.53. The van der Waals surface area contributed by atoms with Gasteiger partial charge in [0.2, 0.25) is 0 Å². The monoisotopic (exact) mass is 294 g/mol. The maximum absolute atomic E-state index is 11.7. The fourth-order valence-electron chi connectivity index (χ4n) is 1.61. The van der Waals surface area contributed by atoms with Gasteiger partial charge in [0.15, 0.2) is 5.82 Å². The summed E-state index contributed by atoms with van der Waals surface area (Å²) in [6, 6.07) is 1.29. The van der Waals surface area contributed by atoms with Crippen molar-refractivity contribution in [2.75, 3.05) is 0 Å². The Morgan fingerprint density at radius 1 is 1.57 bits per heavy atom. The first-order valence-electron chi connectivity index (χ1n) is 6.19. The minimum Gasteiger partial charge on any atom is -0.358 e. The fourth-order valence-corrected chi connectivity index (χ4v) is 1.61. The zero-order chi connectivity index (χ0) is 15.6. The van der Waals surface area contributed by atoms with Gasteiger partial charge in [0.05, 0.1) is 16.9 Å². The van der Waals surface area contributed by atoms with E-state index in [1.165, 1.54) is 10.7 Å². The Balaban J connectivity index is 2.12. The Hall–Kier alpha value is -2.78. The third-order valence-corrected chi connectivity index (χ3v) is 2.53. The number of hydrogen-bond acceptors (Lipinski definition) is 7. The number of aromatic nitrogens is 4. The summed E-state index contributed by atoms with van der Waals surface area (Å²) in [4.78, 5) is 25.7. The largest absolute Gasteiger partial charge is 0.390 e. The highest BCUT2D eigenvalue weighted by molar-refractivity contribution is 5.89. The number of carbonyl (C=O) groups is 1. The molecule has 112 valence electrons. The summed E-state index contributed by atoms with van der Waals surface area (Å²) in [6.07, 6.45) is 0. The zero-order valence-electron chi connectivity index (χ0n) is 11.7. The average molecular weight is 294 g/mol. The smallest absolute Gasteiger partial charge is 0.358 e. The first-order valence-corrected chi connectivity index (χ1v) is 6.19. The predicted molar refractivity (Wildman–Crippen MR) is 69.6 cm³/mol. The molecule has 0 bridgehead atoms. The summed E-state index contributed by atoms with van der Waals surface area (Å²) in [7, 11) is 0. The Morgan fingerprint density at radius 2 is 2.29 bits per heavy atom. The Morgan fingerprint density at radius 3 is 2.86 bits per heavy atom. The highest BCUT2D eigenvalue weighted by atomic mass is 16.6. The molecule has 0 unspecified atom stereocenters. The van der Waals surface area contributed by atoms with Crippen LogP contribution in [0, 0.1) is 17.0 Å². The van der Waals surface area contributed by atoms with Crippen LogP contribution in [0.4, 0.5) is 5.82 Å². The van der Waals surface area contributed by atoms with Crippen LogP contribution in [0.3, 0.4) is 0 Å². The molecular weight excluding hydrogens is 280 g/mol. The van der Waals surface area contributed by atoms with Crippen LogP contribution >= 0.6 is 0 Å². The van der Waals surface area contributed by atoms with Gasteiger partial charge in [-0.2, -0.15) is 9.67 Å². The number of carbonyl (C=O) groups excluding carboxylic acids is 1. The van der Waals surface area contributed by atoms with Gasteiger partial charge in [0, 0.05) is 6.04 Å². The van der Waals surface area contributed by atoms with Crippen LogP contribution in [0.25, 0.3) is 0 Å². The molecular formula is C11H14N6O4. The summed E-state index contributed by atoms with van der Waals surface area (Å²) < 4.78 is 6.21. The molecule has 10 heteroatoms. The van der Waals surface area contributed by atoms with E-state index in [2.05, 4.69) is 20.6 Å². The number of nitrogens with zero attached hydrogens (tertiary/aromatic N) is 5. The molecule has 0 spiro atoms. The van der Waals surface area contributed by atoms with E-state index >= 15 is 0 Å². The van der Waals surface area contributed by atoms with Crippen molar-refractivity contribution in [2.24, 2.45) is 0 Å². The van der Waals surface area contributed by atoms with Crippen LogP contribution < -0.4 is 5.32 Å². The topological polar surface area (TPSA) is 129 Å². The van der Waals surface area contributed by atoms with E-state index in [1.54, 1.807) is 20.8 Å². The minimum absolute atomic E-state index is 0.0520. The van der Waals surface area contributed by atoms with Crippen LogP contribution in [0.2, 0.25) is 0 Å². The molecule has 2 rings (SSSR count). The molecule has 0 aromatic carbocycles. The molecule has 0 saturated heterocycles. The SMILES string of the molecule is Cc1cc([N+](=O)[O-])nn1Cc1noc(C(=O)NC(C)C)n1. The van der Waals surface area contributed by atoms with Gasteiger partial charge in [-0.3, -0.25) is 4.79 Å². The van der Waals surface area contributed by atoms with Crippen molar-refractivity contribution in [2.45, 2.75) is 33.4 Å². The van der Waals surface area contributed by atoms with Crippen LogP contribution in [0.15, 0.2) is 10.6 Å². The van der Waals surface area contributed by atoms with E-state index < -0.39 is 10.8 Å². The van der Waals surface area contributed by atoms with Crippen LogP contribution in [-0.2, 0) is 6.54 Å². The standard InChI is InChI=1S/C11H14N6O4/c1-6(2)12-10(18)11-13-8(15-21-11)5-16-7(3)4-9(14-16)17(19)20/h4,6H,5H2,1-3H3,(H,12,18). The Bertz CT molecular complexity index is 674. The summed E-state index contributed by atoms with van der Waals surface area (Å²) in [5.41, 5.74) is 0.583. The van der Waals surface area contributed by atoms with Gasteiger partial charge in [-0.25, -0.2) is 0 Å². The molecule has 21 heavy (non-hydrogen) atoms. The fraction of sp³-hybridized carbons (Fsp3) is 0.455. The predicted octanol–water partition coefficient (Wildman–Crippen LogP) is 0.669. The van der Waals surface area contributed by atoms with Crippen molar-refractivity contribution in [3.63, 3.8) is 0 Å². The van der Waals surface area contributed by atoms with Crippen LogP contribution in [-0.4, -0.2) is 36.8 Å². The van der Waals surface area contributed by atoms with Crippen molar-refractivity contribution < 1.29 is 14.2 Å². The second kappa shape index (κ2) is 5.69. The van der Waals surface area contributed by atoms with Gasteiger partial charge >= 0.3 is 17.6 Å². The van der Waals surface area contributed by atoms with Crippen molar-refractivity contribution >= 4 is 11.7 Å². The highest BCUT2D eigenvalue weighted by Gasteiger charge is 2.20. The summed E-state index contributed by atoms with van der Waals surface area (Å²) >= 11 is 0. The molecule has 10 nitrogen and oxygen atoms in total. The molecule has 0 aliphatic carbocycles. The molecule has 2 aromatic heterocycles. The second-order valence-electron chi connectivity index (χ2n) is 4.70. The molecule has 1 amide bonds. The maximum Gasteiger partial charge on any atom is 0.390 e. The summed E-state index contributed by atoms with van der Waals surface area (Å²) in [6.45, 7) is 5.37. The number of aryl methyl sites for hydroxylation is 1. The van der Waals surface area contributed by atoms with E-state index in [4.69, 9.17) is 4.52 Å². The van der Waals surface area contributed by atoms with Gasteiger partial charge in [-0.05, 0) is 25.7 Å². The quantitative estimate of drug-likeness (QED) is 0.633. The Kier molecular flexibility index (Phi) is 3.96. The molecule has 0 aliphatic rings. The van der Waals surface area contributed by atoms with Gasteiger partial charge in [-0.1, -0.05) is 5.16 Å². The Labute approximate surface area is 119 Å². The van der Waals surface area contributed by atoms with E-state index in [1.807, 2.05) is 0 Å². The van der Waals surface area contributed by atoms with Gasteiger partial charge in [-0.15, -0.1) is 0 Å². The number of nitro groups is 1. The number of nitrogens with one attached hydrogen (secondary N) is 1. The maximum atomic E-state index is 11.7. The van der Waals surface area contributed by atoms with Gasteiger partial charge in [0.25, 0.3) is 0 Å². The molecule has 2 heterocycles. The van der Waals surface area contributed by atoms with Crippen molar-refractivity contribution in [3.05, 3.63) is 33.6 Å². The second-order valence-corrected chi connectivity index (χ2v) is 4.70. The van der Waals surface area contributed by atoms with Crippen LogP contribution in [0.5, 0.6) is 0 Å².